The zero-order valence-corrected chi connectivity index (χ0v) is 16.2. The first-order valence-electron chi connectivity index (χ1n) is 8.66. The molecule has 0 N–H and O–H groups in total. The molecule has 134 valence electrons. The zero-order chi connectivity index (χ0) is 19.3. The summed E-state index contributed by atoms with van der Waals surface area (Å²) in [6.07, 6.45) is 5.44. The highest BCUT2D eigenvalue weighted by atomic mass is 32.2. The van der Waals surface area contributed by atoms with Gasteiger partial charge in [0.25, 0.3) is 0 Å². The summed E-state index contributed by atoms with van der Waals surface area (Å²) in [7, 11) is -0.314. The predicted octanol–water partition coefficient (Wildman–Crippen LogP) is 5.35. The third-order valence-electron chi connectivity index (χ3n) is 3.96. The minimum atomic E-state index is -0.937. The van der Waals surface area contributed by atoms with Gasteiger partial charge in [-0.25, -0.2) is 4.79 Å². The molecule has 0 aliphatic heterocycles. The molecule has 3 heteroatoms. The lowest BCUT2D eigenvalue weighted by Gasteiger charge is -2.18. The van der Waals surface area contributed by atoms with Gasteiger partial charge in [-0.3, -0.25) is 0 Å². The van der Waals surface area contributed by atoms with Crippen molar-refractivity contribution in [2.24, 2.45) is 0 Å². The van der Waals surface area contributed by atoms with Crippen molar-refractivity contribution in [2.45, 2.75) is 34.1 Å². The van der Waals surface area contributed by atoms with E-state index in [4.69, 9.17) is 11.2 Å². The van der Waals surface area contributed by atoms with E-state index in [2.05, 4.69) is 30.2 Å². The largest absolute Gasteiger partial charge is 0.443 e. The Bertz CT molecular complexity index is 917. The number of benzene rings is 3. The van der Waals surface area contributed by atoms with Gasteiger partial charge in [-0.2, -0.15) is 0 Å². The van der Waals surface area contributed by atoms with Gasteiger partial charge < -0.3 is 4.74 Å². The van der Waals surface area contributed by atoms with Crippen molar-refractivity contribution >= 4 is 16.9 Å². The molecule has 3 rings (SSSR count). The monoisotopic (exact) mass is 373 g/mol. The summed E-state index contributed by atoms with van der Waals surface area (Å²) in [5.41, 5.74) is -0.437. The maximum absolute atomic E-state index is 12.6. The van der Waals surface area contributed by atoms with Crippen LogP contribution >= 0.6 is 0 Å². The molecule has 0 heterocycles. The lowest BCUT2D eigenvalue weighted by molar-refractivity contribution is 0.0204. The number of terminal acetylenes is 1. The van der Waals surface area contributed by atoms with Crippen LogP contribution < -0.4 is 0 Å². The Balaban J connectivity index is 2.02. The number of carbonyl (C=O) groups is 1. The molecule has 0 unspecified atom stereocenters. The fourth-order valence-corrected chi connectivity index (χ4v) is 4.73. The van der Waals surface area contributed by atoms with Crippen LogP contribution in [0, 0.1) is 12.3 Å². The summed E-state index contributed by atoms with van der Waals surface area (Å²) in [5, 5.41) is 0. The predicted molar refractivity (Wildman–Crippen MR) is 110 cm³/mol. The first-order valence-corrected chi connectivity index (χ1v) is 9.88. The second kappa shape index (κ2) is 8.16. The minimum Gasteiger partial charge on any atom is -0.443 e. The molecule has 0 bridgehead atoms. The van der Waals surface area contributed by atoms with Crippen LogP contribution in [0.15, 0.2) is 99.6 Å². The average Bonchev–Trinajstić information content (AvgIpc) is 2.70. The summed E-state index contributed by atoms with van der Waals surface area (Å²) in [4.78, 5) is 16.0. The summed E-state index contributed by atoms with van der Waals surface area (Å²) in [6, 6.07) is 28.2. The first kappa shape index (κ1) is 18.8. The SMILES string of the molecule is C#CC(C)(C)OC(=O)c1cccc([S+](c2ccccc2)c2ccccc2)c1. The molecule has 0 saturated heterocycles. The van der Waals surface area contributed by atoms with Crippen LogP contribution in [0.1, 0.15) is 24.2 Å². The minimum absolute atomic E-state index is 0.314. The number of ether oxygens (including phenoxy) is 1. The lowest BCUT2D eigenvalue weighted by atomic mass is 10.1. The van der Waals surface area contributed by atoms with Gasteiger partial charge >= 0.3 is 5.97 Å². The fourth-order valence-electron chi connectivity index (χ4n) is 2.59. The zero-order valence-electron chi connectivity index (χ0n) is 15.4. The van der Waals surface area contributed by atoms with Crippen molar-refractivity contribution in [1.29, 1.82) is 0 Å². The van der Waals surface area contributed by atoms with Crippen molar-refractivity contribution in [3.8, 4) is 12.3 Å². The quantitative estimate of drug-likeness (QED) is 0.342. The number of esters is 1. The van der Waals surface area contributed by atoms with E-state index in [1.165, 1.54) is 9.79 Å². The smallest absolute Gasteiger partial charge is 0.339 e. The van der Waals surface area contributed by atoms with E-state index >= 15 is 0 Å². The molecule has 3 aromatic carbocycles. The van der Waals surface area contributed by atoms with Crippen LogP contribution in [0.3, 0.4) is 0 Å². The number of hydrogen-bond acceptors (Lipinski definition) is 2. The van der Waals surface area contributed by atoms with Crippen molar-refractivity contribution < 1.29 is 9.53 Å². The van der Waals surface area contributed by atoms with E-state index < -0.39 is 11.6 Å². The molecule has 0 aliphatic carbocycles. The van der Waals surface area contributed by atoms with Crippen molar-refractivity contribution in [1.82, 2.24) is 0 Å². The Kier molecular flexibility index (Phi) is 5.69. The molecule has 27 heavy (non-hydrogen) atoms. The van der Waals surface area contributed by atoms with E-state index in [0.717, 1.165) is 4.90 Å². The summed E-state index contributed by atoms with van der Waals surface area (Å²) in [6.45, 7) is 3.40. The molecule has 0 aromatic heterocycles. The van der Waals surface area contributed by atoms with E-state index in [0.29, 0.717) is 5.56 Å². The third kappa shape index (κ3) is 4.61. The van der Waals surface area contributed by atoms with Crippen LogP contribution in [0.5, 0.6) is 0 Å². The second-order valence-electron chi connectivity index (χ2n) is 6.50. The lowest BCUT2D eigenvalue weighted by Crippen LogP contribution is -2.26. The van der Waals surface area contributed by atoms with Gasteiger partial charge in [0.05, 0.1) is 16.5 Å². The maximum Gasteiger partial charge on any atom is 0.339 e. The Morgan fingerprint density at radius 2 is 1.37 bits per heavy atom. The molecule has 0 spiro atoms. The van der Waals surface area contributed by atoms with E-state index in [-0.39, 0.29) is 10.9 Å². The molecule has 0 radical (unpaired) electrons. The Hall–Kier alpha value is -2.96. The van der Waals surface area contributed by atoms with Gasteiger partial charge in [0, 0.05) is 6.07 Å². The normalized spacial score (nSPS) is 11.0. The summed E-state index contributed by atoms with van der Waals surface area (Å²) < 4.78 is 5.45. The summed E-state index contributed by atoms with van der Waals surface area (Å²) in [5.74, 6) is 2.08. The molecule has 0 fully saturated rings. The van der Waals surface area contributed by atoms with Crippen molar-refractivity contribution in [2.75, 3.05) is 0 Å². The van der Waals surface area contributed by atoms with Gasteiger partial charge in [-0.05, 0) is 50.2 Å². The molecule has 3 aromatic rings. The first-order chi connectivity index (χ1) is 13.0. The molecule has 0 atom stereocenters. The molecular formula is C24H21O2S+. The molecule has 0 saturated carbocycles. The molecule has 0 aliphatic rings. The molecular weight excluding hydrogens is 352 g/mol. The van der Waals surface area contributed by atoms with E-state index in [9.17, 15) is 4.79 Å². The number of carbonyl (C=O) groups excluding carboxylic acids is 1. The standard InChI is InChI=1S/C24H21O2S/c1-4-24(2,3)26-23(25)19-12-11-17-22(18-19)27(20-13-7-5-8-14-20)21-15-9-6-10-16-21/h1,5-18H,2-3H3/q+1. The van der Waals surface area contributed by atoms with Gasteiger partial charge in [-0.15, -0.1) is 6.42 Å². The van der Waals surface area contributed by atoms with Crippen molar-refractivity contribution in [3.05, 3.63) is 90.5 Å². The number of rotatable bonds is 5. The highest BCUT2D eigenvalue weighted by molar-refractivity contribution is 7.97. The Morgan fingerprint density at radius 3 is 1.89 bits per heavy atom. The van der Waals surface area contributed by atoms with Crippen LogP contribution in [-0.2, 0) is 15.6 Å². The molecule has 2 nitrogen and oxygen atoms in total. The topological polar surface area (TPSA) is 26.3 Å². The molecule has 0 amide bonds. The van der Waals surface area contributed by atoms with Gasteiger partial charge in [0.15, 0.2) is 20.3 Å². The highest BCUT2D eigenvalue weighted by Gasteiger charge is 2.29. The van der Waals surface area contributed by atoms with Gasteiger partial charge in [-0.1, -0.05) is 48.4 Å². The summed E-state index contributed by atoms with van der Waals surface area (Å²) >= 11 is 0. The van der Waals surface area contributed by atoms with Crippen LogP contribution in [0.4, 0.5) is 0 Å². The second-order valence-corrected chi connectivity index (χ2v) is 8.53. The van der Waals surface area contributed by atoms with Crippen LogP contribution in [0.2, 0.25) is 0 Å². The maximum atomic E-state index is 12.6. The Labute approximate surface area is 163 Å². The van der Waals surface area contributed by atoms with Crippen molar-refractivity contribution in [3.63, 3.8) is 0 Å². The fraction of sp³-hybridized carbons (Fsp3) is 0.125. The Morgan fingerprint density at radius 1 is 0.852 bits per heavy atom. The number of hydrogen-bond donors (Lipinski definition) is 0. The van der Waals surface area contributed by atoms with Gasteiger partial charge in [0.1, 0.15) is 0 Å². The van der Waals surface area contributed by atoms with E-state index in [1.54, 1.807) is 19.9 Å². The highest BCUT2D eigenvalue weighted by Crippen LogP contribution is 2.31. The van der Waals surface area contributed by atoms with Crippen LogP contribution in [-0.4, -0.2) is 11.6 Å². The van der Waals surface area contributed by atoms with Gasteiger partial charge in [0.2, 0.25) is 0 Å². The third-order valence-corrected chi connectivity index (χ3v) is 6.17. The average molecular weight is 373 g/mol. The van der Waals surface area contributed by atoms with E-state index in [1.807, 2.05) is 54.6 Å². The van der Waals surface area contributed by atoms with Crippen LogP contribution in [0.25, 0.3) is 0 Å².